The maximum Gasteiger partial charge on any atom is 0.408 e. The van der Waals surface area contributed by atoms with Crippen molar-refractivity contribution in [1.82, 2.24) is 10.6 Å². The summed E-state index contributed by atoms with van der Waals surface area (Å²) in [6.07, 6.45) is 1.22. The molecule has 2 aromatic rings. The van der Waals surface area contributed by atoms with Crippen molar-refractivity contribution in [2.24, 2.45) is 5.92 Å². The molecule has 2 atom stereocenters. The third-order valence-corrected chi connectivity index (χ3v) is 6.48. The molecule has 0 unspecified atom stereocenters. The molecule has 0 radical (unpaired) electrons. The number of carboxylic acid groups (broad SMARTS) is 1. The number of rotatable bonds is 6. The molecule has 1 saturated carbocycles. The zero-order valence-corrected chi connectivity index (χ0v) is 18.3. The van der Waals surface area contributed by atoms with Gasteiger partial charge in [0.2, 0.25) is 5.91 Å². The molecular formula is C25H28N2O5. The number of alkyl carbamates (subject to hydrolysis) is 1. The number of fused-ring (bicyclic) bond motifs is 3. The molecule has 1 fully saturated rings. The molecule has 0 spiro atoms. The first-order valence-electron chi connectivity index (χ1n) is 10.9. The first-order valence-corrected chi connectivity index (χ1v) is 10.9. The maximum absolute atomic E-state index is 12.7. The first kappa shape index (κ1) is 21.9. The number of amides is 2. The minimum atomic E-state index is -1.24. The lowest BCUT2D eigenvalue weighted by atomic mass is 9.98. The minimum absolute atomic E-state index is 0.0695. The maximum atomic E-state index is 12.7. The topological polar surface area (TPSA) is 105 Å². The smallest absolute Gasteiger partial charge is 0.408 e. The van der Waals surface area contributed by atoms with Crippen LogP contribution in [0.2, 0.25) is 0 Å². The Morgan fingerprint density at radius 2 is 1.59 bits per heavy atom. The van der Waals surface area contributed by atoms with E-state index < -0.39 is 35.5 Å². The van der Waals surface area contributed by atoms with E-state index in [1.54, 1.807) is 13.8 Å². The van der Waals surface area contributed by atoms with Gasteiger partial charge < -0.3 is 20.5 Å². The van der Waals surface area contributed by atoms with Crippen LogP contribution in [0.1, 0.15) is 50.2 Å². The minimum Gasteiger partial charge on any atom is -0.481 e. The highest BCUT2D eigenvalue weighted by Gasteiger charge is 2.38. The van der Waals surface area contributed by atoms with Crippen LogP contribution in [-0.4, -0.2) is 41.3 Å². The highest BCUT2D eigenvalue weighted by Crippen LogP contribution is 2.44. The second kappa shape index (κ2) is 8.65. The van der Waals surface area contributed by atoms with Crippen LogP contribution < -0.4 is 10.6 Å². The van der Waals surface area contributed by atoms with Crippen LogP contribution in [0, 0.1) is 5.92 Å². The van der Waals surface area contributed by atoms with Crippen molar-refractivity contribution < 1.29 is 24.2 Å². The Hall–Kier alpha value is -3.35. The predicted octanol–water partition coefficient (Wildman–Crippen LogP) is 3.67. The van der Waals surface area contributed by atoms with Gasteiger partial charge in [0.25, 0.3) is 0 Å². The third kappa shape index (κ3) is 4.20. The van der Waals surface area contributed by atoms with Crippen molar-refractivity contribution in [3.05, 3.63) is 59.7 Å². The monoisotopic (exact) mass is 436 g/mol. The van der Waals surface area contributed by atoms with E-state index in [1.807, 2.05) is 36.4 Å². The van der Waals surface area contributed by atoms with Gasteiger partial charge in [-0.05, 0) is 48.9 Å². The summed E-state index contributed by atoms with van der Waals surface area (Å²) < 4.78 is 5.53. The molecule has 7 heteroatoms. The fraction of sp³-hybridized carbons (Fsp3) is 0.400. The fourth-order valence-corrected chi connectivity index (χ4v) is 4.72. The first-order chi connectivity index (χ1) is 15.3. The van der Waals surface area contributed by atoms with E-state index in [0.717, 1.165) is 28.7 Å². The van der Waals surface area contributed by atoms with Crippen LogP contribution in [0.5, 0.6) is 0 Å². The van der Waals surface area contributed by atoms with Crippen molar-refractivity contribution in [1.29, 1.82) is 0 Å². The lowest BCUT2D eigenvalue weighted by Crippen LogP contribution is -2.57. The largest absolute Gasteiger partial charge is 0.481 e. The summed E-state index contributed by atoms with van der Waals surface area (Å²) in [5, 5.41) is 14.7. The zero-order valence-electron chi connectivity index (χ0n) is 18.3. The molecule has 168 valence electrons. The van der Waals surface area contributed by atoms with E-state index in [4.69, 9.17) is 4.74 Å². The summed E-state index contributed by atoms with van der Waals surface area (Å²) in [4.78, 5) is 36.7. The van der Waals surface area contributed by atoms with Gasteiger partial charge in [0.15, 0.2) is 0 Å². The number of aliphatic carboxylic acids is 1. The van der Waals surface area contributed by atoms with E-state index in [9.17, 15) is 19.5 Å². The van der Waals surface area contributed by atoms with Crippen molar-refractivity contribution in [3.8, 4) is 11.1 Å². The van der Waals surface area contributed by atoms with Gasteiger partial charge in [0.05, 0.1) is 5.92 Å². The second-order valence-electron chi connectivity index (χ2n) is 9.03. The summed E-state index contributed by atoms with van der Waals surface area (Å²) in [5.41, 5.74) is 3.26. The molecule has 0 aromatic heterocycles. The van der Waals surface area contributed by atoms with Crippen molar-refractivity contribution in [3.63, 3.8) is 0 Å². The van der Waals surface area contributed by atoms with Crippen molar-refractivity contribution in [2.75, 3.05) is 6.61 Å². The number of nitrogens with one attached hydrogen (secondary N) is 2. The predicted molar refractivity (Wildman–Crippen MR) is 119 cm³/mol. The number of ether oxygens (including phenoxy) is 1. The van der Waals surface area contributed by atoms with Crippen LogP contribution in [0.25, 0.3) is 11.1 Å². The molecule has 0 heterocycles. The van der Waals surface area contributed by atoms with Gasteiger partial charge in [0, 0.05) is 12.0 Å². The van der Waals surface area contributed by atoms with E-state index >= 15 is 0 Å². The Kier molecular flexibility index (Phi) is 5.91. The Morgan fingerprint density at radius 3 is 2.19 bits per heavy atom. The number of carbonyl (C=O) groups excluding carboxylic acids is 2. The van der Waals surface area contributed by atoms with Gasteiger partial charge in [-0.2, -0.15) is 0 Å². The summed E-state index contributed by atoms with van der Waals surface area (Å²) in [7, 11) is 0. The van der Waals surface area contributed by atoms with Gasteiger partial charge in [0.1, 0.15) is 12.1 Å². The number of benzene rings is 2. The van der Waals surface area contributed by atoms with E-state index in [0.29, 0.717) is 12.8 Å². The molecule has 2 aromatic carbocycles. The van der Waals surface area contributed by atoms with Crippen LogP contribution in [0.4, 0.5) is 4.79 Å². The summed E-state index contributed by atoms with van der Waals surface area (Å²) >= 11 is 0. The molecule has 0 aliphatic heterocycles. The van der Waals surface area contributed by atoms with Crippen molar-refractivity contribution >= 4 is 18.0 Å². The number of hydrogen-bond donors (Lipinski definition) is 3. The molecule has 2 aliphatic rings. The van der Waals surface area contributed by atoms with Crippen LogP contribution in [-0.2, 0) is 14.3 Å². The zero-order chi connectivity index (χ0) is 22.9. The highest BCUT2D eigenvalue weighted by atomic mass is 16.5. The van der Waals surface area contributed by atoms with Gasteiger partial charge in [-0.3, -0.25) is 9.59 Å². The average Bonchev–Trinajstić information content (AvgIpc) is 3.34. The fourth-order valence-electron chi connectivity index (χ4n) is 4.72. The Bertz CT molecular complexity index is 1000. The third-order valence-electron chi connectivity index (χ3n) is 6.48. The van der Waals surface area contributed by atoms with E-state index in [1.165, 1.54) is 0 Å². The van der Waals surface area contributed by atoms with Gasteiger partial charge in [-0.15, -0.1) is 0 Å². The van der Waals surface area contributed by atoms with E-state index in [2.05, 4.69) is 22.8 Å². The van der Waals surface area contributed by atoms with Crippen LogP contribution in [0.15, 0.2) is 48.5 Å². The number of carboxylic acids is 1. The molecule has 3 N–H and O–H groups in total. The van der Waals surface area contributed by atoms with Gasteiger partial charge >= 0.3 is 12.1 Å². The van der Waals surface area contributed by atoms with Crippen molar-refractivity contribution in [2.45, 2.75) is 50.6 Å². The molecule has 0 bridgehead atoms. The van der Waals surface area contributed by atoms with Gasteiger partial charge in [-0.25, -0.2) is 4.79 Å². The van der Waals surface area contributed by atoms with Crippen LogP contribution in [0.3, 0.4) is 0 Å². The lowest BCUT2D eigenvalue weighted by molar-refractivity contribution is -0.142. The SMILES string of the molecule is CC(C)(NC(=O)OCC1c2ccccc2-c2ccccc21)C(=O)N[C@H]1CCC[C@H]1C(=O)O. The number of hydrogen-bond acceptors (Lipinski definition) is 4. The summed E-state index contributed by atoms with van der Waals surface area (Å²) in [5.74, 6) is -2.00. The summed E-state index contributed by atoms with van der Waals surface area (Å²) in [6.45, 7) is 3.31. The Balaban J connectivity index is 1.37. The standard InChI is InChI=1S/C25H28N2O5/c1-25(2,23(30)26-21-13-7-12-19(21)22(28)29)27-24(31)32-14-20-17-10-5-3-8-15(17)16-9-4-6-11-18(16)20/h3-6,8-11,19-21H,7,12-14H2,1-2H3,(H,26,30)(H,27,31)(H,28,29)/t19-,21+/m1/s1. The summed E-state index contributed by atoms with van der Waals surface area (Å²) in [6, 6.07) is 15.7. The van der Waals surface area contributed by atoms with E-state index in [-0.39, 0.29) is 12.5 Å². The molecule has 4 rings (SSSR count). The lowest BCUT2D eigenvalue weighted by Gasteiger charge is -2.28. The van der Waals surface area contributed by atoms with Crippen LogP contribution >= 0.6 is 0 Å². The molecule has 2 aliphatic carbocycles. The molecular weight excluding hydrogens is 408 g/mol. The van der Waals surface area contributed by atoms with Gasteiger partial charge in [-0.1, -0.05) is 55.0 Å². The number of carbonyl (C=O) groups is 3. The quantitative estimate of drug-likeness (QED) is 0.641. The molecule has 2 amide bonds. The average molecular weight is 437 g/mol. The molecule has 7 nitrogen and oxygen atoms in total. The Labute approximate surface area is 187 Å². The Morgan fingerprint density at radius 1 is 1.00 bits per heavy atom. The second-order valence-corrected chi connectivity index (χ2v) is 9.03. The normalized spacial score (nSPS) is 19.7. The molecule has 0 saturated heterocycles. The molecule has 32 heavy (non-hydrogen) atoms. The highest BCUT2D eigenvalue weighted by molar-refractivity contribution is 5.90.